The maximum Gasteiger partial charge on any atom is 0.115 e. The lowest BCUT2D eigenvalue weighted by molar-refractivity contribution is 0.474. The van der Waals surface area contributed by atoms with Crippen LogP contribution in [0.25, 0.3) is 0 Å². The van der Waals surface area contributed by atoms with Crippen molar-refractivity contribution in [3.63, 3.8) is 0 Å². The van der Waals surface area contributed by atoms with Crippen molar-refractivity contribution in [3.05, 3.63) is 59.7 Å². The molecule has 0 fully saturated rings. The van der Waals surface area contributed by atoms with Crippen LogP contribution in [0.1, 0.15) is 11.1 Å². The van der Waals surface area contributed by atoms with Crippen molar-refractivity contribution >= 4 is 31.4 Å². The average molecular weight is 310 g/mol. The van der Waals surface area contributed by atoms with E-state index in [0.29, 0.717) is 11.5 Å². The molecular weight excluding hydrogens is 296 g/mol. The molecule has 5 heteroatoms. The first-order valence-corrected chi connectivity index (χ1v) is 9.53. The van der Waals surface area contributed by atoms with Crippen LogP contribution >= 0.6 is 31.4 Å². The highest BCUT2D eigenvalue weighted by Gasteiger charge is 1.98. The molecule has 19 heavy (non-hydrogen) atoms. The van der Waals surface area contributed by atoms with Gasteiger partial charge in [0.05, 0.1) is 0 Å². The van der Waals surface area contributed by atoms with Crippen LogP contribution in [0, 0.1) is 0 Å². The molecule has 2 rings (SSSR count). The Kier molecular flexibility index (Phi) is 5.82. The summed E-state index contributed by atoms with van der Waals surface area (Å²) in [4.78, 5) is 0. The fourth-order valence-electron chi connectivity index (χ4n) is 1.40. The fraction of sp³-hybridized carbons (Fsp3) is 0.143. The first kappa shape index (κ1) is 14.5. The molecule has 0 atom stereocenters. The van der Waals surface area contributed by atoms with E-state index in [1.54, 1.807) is 55.7 Å². The molecule has 0 heterocycles. The lowest BCUT2D eigenvalue weighted by atomic mass is 10.2. The van der Waals surface area contributed by atoms with E-state index >= 15 is 0 Å². The van der Waals surface area contributed by atoms with Crippen molar-refractivity contribution in [1.29, 1.82) is 0 Å². The van der Waals surface area contributed by atoms with Crippen molar-refractivity contribution in [2.45, 2.75) is 11.5 Å². The zero-order valence-corrected chi connectivity index (χ0v) is 12.6. The van der Waals surface area contributed by atoms with Gasteiger partial charge in [0, 0.05) is 11.5 Å². The van der Waals surface area contributed by atoms with Gasteiger partial charge in [-0.2, -0.15) is 0 Å². The molecule has 2 nitrogen and oxygen atoms in total. The average Bonchev–Trinajstić information content (AvgIpc) is 2.43. The summed E-state index contributed by atoms with van der Waals surface area (Å²) in [5, 5.41) is 18.4. The van der Waals surface area contributed by atoms with Gasteiger partial charge in [0.25, 0.3) is 0 Å². The Hall–Kier alpha value is -0.910. The summed E-state index contributed by atoms with van der Waals surface area (Å²) in [6.45, 7) is 0. The molecule has 2 aromatic carbocycles. The molecule has 100 valence electrons. The molecular formula is C14H14O2S3. The third kappa shape index (κ3) is 5.30. The largest absolute Gasteiger partial charge is 0.508 e. The quantitative estimate of drug-likeness (QED) is 0.591. The van der Waals surface area contributed by atoms with Crippen molar-refractivity contribution in [1.82, 2.24) is 0 Å². The highest BCUT2D eigenvalue weighted by molar-refractivity contribution is 9.09. The predicted molar refractivity (Wildman–Crippen MR) is 86.4 cm³/mol. The molecule has 0 aliphatic heterocycles. The summed E-state index contributed by atoms with van der Waals surface area (Å²) in [6.07, 6.45) is 0. The highest BCUT2D eigenvalue weighted by Crippen LogP contribution is 2.38. The van der Waals surface area contributed by atoms with Crippen LogP contribution in [0.4, 0.5) is 0 Å². The Balaban J connectivity index is 1.64. The summed E-state index contributed by atoms with van der Waals surface area (Å²) in [6, 6.07) is 14.6. The maximum absolute atomic E-state index is 9.18. The Morgan fingerprint density at radius 1 is 0.632 bits per heavy atom. The van der Waals surface area contributed by atoms with Crippen LogP contribution in [0.2, 0.25) is 0 Å². The monoisotopic (exact) mass is 310 g/mol. The normalized spacial score (nSPS) is 10.5. The number of rotatable bonds is 6. The van der Waals surface area contributed by atoms with Crippen LogP contribution in [0.15, 0.2) is 48.5 Å². The molecule has 2 N–H and O–H groups in total. The Morgan fingerprint density at radius 3 is 1.37 bits per heavy atom. The van der Waals surface area contributed by atoms with E-state index < -0.39 is 0 Å². The minimum atomic E-state index is 0.308. The van der Waals surface area contributed by atoms with Gasteiger partial charge >= 0.3 is 0 Å². The number of phenols is 2. The Labute approximate surface area is 124 Å². The smallest absolute Gasteiger partial charge is 0.115 e. The topological polar surface area (TPSA) is 40.5 Å². The van der Waals surface area contributed by atoms with E-state index in [0.717, 1.165) is 11.5 Å². The third-order valence-corrected chi connectivity index (χ3v) is 6.53. The summed E-state index contributed by atoms with van der Waals surface area (Å²) in [5.41, 5.74) is 2.42. The van der Waals surface area contributed by atoms with Crippen LogP contribution in [0.5, 0.6) is 11.5 Å². The second-order valence-electron chi connectivity index (χ2n) is 3.93. The number of hydrogen-bond donors (Lipinski definition) is 2. The molecule has 0 radical (unpaired) electrons. The van der Waals surface area contributed by atoms with Gasteiger partial charge in [-0.05, 0) is 45.2 Å². The molecule has 0 spiro atoms. The zero-order chi connectivity index (χ0) is 13.5. The van der Waals surface area contributed by atoms with E-state index in [1.807, 2.05) is 24.3 Å². The molecule has 0 unspecified atom stereocenters. The lowest BCUT2D eigenvalue weighted by Gasteiger charge is -2.02. The van der Waals surface area contributed by atoms with Crippen LogP contribution in [0.3, 0.4) is 0 Å². The van der Waals surface area contributed by atoms with E-state index in [-0.39, 0.29) is 0 Å². The van der Waals surface area contributed by atoms with Gasteiger partial charge in [-0.3, -0.25) is 0 Å². The van der Waals surface area contributed by atoms with Gasteiger partial charge < -0.3 is 10.2 Å². The Morgan fingerprint density at radius 2 is 1.00 bits per heavy atom. The van der Waals surface area contributed by atoms with Crippen LogP contribution < -0.4 is 0 Å². The second kappa shape index (κ2) is 7.62. The fourth-order valence-corrected chi connectivity index (χ4v) is 5.01. The number of benzene rings is 2. The van der Waals surface area contributed by atoms with E-state index in [9.17, 15) is 10.2 Å². The minimum Gasteiger partial charge on any atom is -0.508 e. The van der Waals surface area contributed by atoms with Crippen molar-refractivity contribution in [2.24, 2.45) is 0 Å². The predicted octanol–water partition coefficient (Wildman–Crippen LogP) is 4.83. The lowest BCUT2D eigenvalue weighted by Crippen LogP contribution is -1.77. The highest BCUT2D eigenvalue weighted by atomic mass is 33.5. The molecule has 0 saturated heterocycles. The molecule has 0 bridgehead atoms. The standard InChI is InChI=1S/C14H14O2S3/c15-13-5-1-11(2-6-13)9-17-19-18-10-12-3-7-14(16)8-4-12/h1-8,15-16H,9-10H2. The molecule has 0 aliphatic carbocycles. The first-order chi connectivity index (χ1) is 9.24. The third-order valence-electron chi connectivity index (χ3n) is 2.42. The first-order valence-electron chi connectivity index (χ1n) is 5.71. The molecule has 0 aromatic heterocycles. The summed E-state index contributed by atoms with van der Waals surface area (Å²) < 4.78 is 0. The van der Waals surface area contributed by atoms with Gasteiger partial charge in [-0.1, -0.05) is 45.9 Å². The van der Waals surface area contributed by atoms with Crippen molar-refractivity contribution in [2.75, 3.05) is 0 Å². The van der Waals surface area contributed by atoms with E-state index in [4.69, 9.17) is 0 Å². The summed E-state index contributed by atoms with van der Waals surface area (Å²) >= 11 is 0. The van der Waals surface area contributed by atoms with Crippen molar-refractivity contribution in [3.8, 4) is 11.5 Å². The van der Waals surface area contributed by atoms with Crippen molar-refractivity contribution < 1.29 is 10.2 Å². The number of phenolic OH excluding ortho intramolecular Hbond substituents is 2. The number of hydrogen-bond acceptors (Lipinski definition) is 5. The second-order valence-corrected chi connectivity index (χ2v) is 8.16. The van der Waals surface area contributed by atoms with Gasteiger partial charge in [-0.15, -0.1) is 0 Å². The van der Waals surface area contributed by atoms with Gasteiger partial charge in [0.15, 0.2) is 0 Å². The molecule has 0 aliphatic rings. The SMILES string of the molecule is Oc1ccc(CSSSCc2ccc(O)cc2)cc1. The van der Waals surface area contributed by atoms with Gasteiger partial charge in [0.2, 0.25) is 0 Å². The molecule has 0 amide bonds. The summed E-state index contributed by atoms with van der Waals surface area (Å²) in [5.74, 6) is 2.47. The van der Waals surface area contributed by atoms with Crippen LogP contribution in [-0.4, -0.2) is 10.2 Å². The minimum absolute atomic E-state index is 0.308. The summed E-state index contributed by atoms with van der Waals surface area (Å²) in [7, 11) is 5.33. The molecule has 2 aromatic rings. The zero-order valence-electron chi connectivity index (χ0n) is 10.2. The van der Waals surface area contributed by atoms with Gasteiger partial charge in [0.1, 0.15) is 11.5 Å². The maximum atomic E-state index is 9.18. The van der Waals surface area contributed by atoms with E-state index in [1.165, 1.54) is 11.1 Å². The molecule has 0 saturated carbocycles. The van der Waals surface area contributed by atoms with Crippen LogP contribution in [-0.2, 0) is 11.5 Å². The number of aromatic hydroxyl groups is 2. The Bertz CT molecular complexity index is 450. The van der Waals surface area contributed by atoms with Gasteiger partial charge in [-0.25, -0.2) is 0 Å². The van der Waals surface area contributed by atoms with E-state index in [2.05, 4.69) is 0 Å².